The van der Waals surface area contributed by atoms with E-state index in [9.17, 15) is 0 Å². The van der Waals surface area contributed by atoms with Crippen LogP contribution in [0.2, 0.25) is 0 Å². The van der Waals surface area contributed by atoms with Gasteiger partial charge in [0.2, 0.25) is 0 Å². The van der Waals surface area contributed by atoms with E-state index in [2.05, 4.69) is 15.3 Å². The SMILES string of the molecule is OC[C@@H]1C[C@H](Nc2cc3ncccc3cn2)CCO1. The molecule has 3 heterocycles. The topological polar surface area (TPSA) is 67.3 Å². The molecule has 2 aromatic heterocycles. The Bertz CT molecular complexity index is 561. The van der Waals surface area contributed by atoms with Crippen LogP contribution in [-0.2, 0) is 4.74 Å². The van der Waals surface area contributed by atoms with Gasteiger partial charge in [-0.3, -0.25) is 4.98 Å². The Kier molecular flexibility index (Phi) is 3.57. The molecular formula is C14H17N3O2. The highest BCUT2D eigenvalue weighted by Crippen LogP contribution is 2.19. The molecule has 5 nitrogen and oxygen atoms in total. The molecule has 1 aliphatic heterocycles. The maximum Gasteiger partial charge on any atom is 0.128 e. The summed E-state index contributed by atoms with van der Waals surface area (Å²) >= 11 is 0. The zero-order valence-corrected chi connectivity index (χ0v) is 10.6. The second kappa shape index (κ2) is 5.50. The molecule has 19 heavy (non-hydrogen) atoms. The Morgan fingerprint density at radius 1 is 1.42 bits per heavy atom. The number of hydrogen-bond donors (Lipinski definition) is 2. The normalized spacial score (nSPS) is 23.4. The number of anilines is 1. The predicted octanol–water partition coefficient (Wildman–Crippen LogP) is 1.58. The quantitative estimate of drug-likeness (QED) is 0.876. The average Bonchev–Trinajstić information content (AvgIpc) is 2.47. The minimum atomic E-state index is -0.0650. The summed E-state index contributed by atoms with van der Waals surface area (Å²) in [5, 5.41) is 13.6. The Balaban J connectivity index is 1.74. The fourth-order valence-electron chi connectivity index (χ4n) is 2.39. The fraction of sp³-hybridized carbons (Fsp3) is 0.429. The lowest BCUT2D eigenvalue weighted by atomic mass is 10.0. The summed E-state index contributed by atoms with van der Waals surface area (Å²) in [5.74, 6) is 0.829. The van der Waals surface area contributed by atoms with Crippen LogP contribution in [-0.4, -0.2) is 40.4 Å². The number of hydrogen-bond acceptors (Lipinski definition) is 5. The highest BCUT2D eigenvalue weighted by molar-refractivity contribution is 5.79. The van der Waals surface area contributed by atoms with Crippen molar-refractivity contribution >= 4 is 16.7 Å². The van der Waals surface area contributed by atoms with Gasteiger partial charge in [0.25, 0.3) is 0 Å². The summed E-state index contributed by atoms with van der Waals surface area (Å²) in [6.07, 6.45) is 5.28. The average molecular weight is 259 g/mol. The molecule has 2 atom stereocenters. The van der Waals surface area contributed by atoms with Gasteiger partial charge in [0.1, 0.15) is 5.82 Å². The molecule has 0 unspecified atom stereocenters. The molecule has 0 saturated carbocycles. The van der Waals surface area contributed by atoms with Crippen LogP contribution in [0.3, 0.4) is 0 Å². The van der Waals surface area contributed by atoms with Crippen molar-refractivity contribution in [2.75, 3.05) is 18.5 Å². The lowest BCUT2D eigenvalue weighted by molar-refractivity contribution is -0.0213. The highest BCUT2D eigenvalue weighted by Gasteiger charge is 2.22. The molecule has 0 aromatic carbocycles. The molecule has 1 aliphatic rings. The minimum absolute atomic E-state index is 0.0650. The number of aromatic nitrogens is 2. The van der Waals surface area contributed by atoms with Gasteiger partial charge in [-0.2, -0.15) is 0 Å². The molecule has 0 aliphatic carbocycles. The number of ether oxygens (including phenoxy) is 1. The standard InChI is InChI=1S/C14H17N3O2/c18-9-12-6-11(3-5-19-12)17-14-7-13-10(8-16-14)2-1-4-15-13/h1-2,4,7-8,11-12,18H,3,5-6,9H2,(H,16,17)/t11-,12+/m1/s1. The first-order valence-electron chi connectivity index (χ1n) is 6.55. The second-order valence-electron chi connectivity index (χ2n) is 4.81. The monoisotopic (exact) mass is 259 g/mol. The maximum absolute atomic E-state index is 9.14. The first-order chi connectivity index (χ1) is 9.35. The van der Waals surface area contributed by atoms with Crippen LogP contribution in [0.25, 0.3) is 10.9 Å². The Morgan fingerprint density at radius 2 is 2.37 bits per heavy atom. The second-order valence-corrected chi connectivity index (χ2v) is 4.81. The van der Waals surface area contributed by atoms with E-state index in [0.717, 1.165) is 29.6 Å². The van der Waals surface area contributed by atoms with E-state index in [1.807, 2.05) is 24.4 Å². The van der Waals surface area contributed by atoms with Crippen molar-refractivity contribution in [2.45, 2.75) is 25.0 Å². The van der Waals surface area contributed by atoms with Crippen LogP contribution < -0.4 is 5.32 Å². The van der Waals surface area contributed by atoms with Crippen LogP contribution in [0, 0.1) is 0 Å². The third-order valence-corrected chi connectivity index (χ3v) is 3.41. The lowest BCUT2D eigenvalue weighted by Gasteiger charge is -2.29. The third-order valence-electron chi connectivity index (χ3n) is 3.41. The van der Waals surface area contributed by atoms with E-state index in [4.69, 9.17) is 9.84 Å². The van der Waals surface area contributed by atoms with Crippen molar-refractivity contribution in [2.24, 2.45) is 0 Å². The van der Waals surface area contributed by atoms with Gasteiger partial charge in [-0.25, -0.2) is 4.98 Å². The molecule has 100 valence electrons. The number of aliphatic hydroxyl groups is 1. The van der Waals surface area contributed by atoms with Gasteiger partial charge in [-0.15, -0.1) is 0 Å². The molecule has 2 N–H and O–H groups in total. The number of nitrogens with one attached hydrogen (secondary N) is 1. The number of nitrogens with zero attached hydrogens (tertiary/aromatic N) is 2. The van der Waals surface area contributed by atoms with Crippen LogP contribution >= 0.6 is 0 Å². The van der Waals surface area contributed by atoms with Crippen molar-refractivity contribution in [3.8, 4) is 0 Å². The smallest absolute Gasteiger partial charge is 0.128 e. The van der Waals surface area contributed by atoms with E-state index in [-0.39, 0.29) is 12.7 Å². The predicted molar refractivity (Wildman–Crippen MR) is 73.0 cm³/mol. The molecule has 2 aromatic rings. The van der Waals surface area contributed by atoms with E-state index in [1.54, 1.807) is 6.20 Å². The van der Waals surface area contributed by atoms with Crippen molar-refractivity contribution in [3.05, 3.63) is 30.6 Å². The van der Waals surface area contributed by atoms with E-state index >= 15 is 0 Å². The number of rotatable bonds is 3. The number of fused-ring (bicyclic) bond motifs is 1. The molecule has 0 amide bonds. The Morgan fingerprint density at radius 3 is 3.26 bits per heavy atom. The van der Waals surface area contributed by atoms with Crippen LogP contribution in [0.5, 0.6) is 0 Å². The van der Waals surface area contributed by atoms with Crippen molar-refractivity contribution in [3.63, 3.8) is 0 Å². The number of pyridine rings is 2. The van der Waals surface area contributed by atoms with Gasteiger partial charge >= 0.3 is 0 Å². The zero-order chi connectivity index (χ0) is 13.1. The molecule has 1 fully saturated rings. The minimum Gasteiger partial charge on any atom is -0.394 e. The first kappa shape index (κ1) is 12.3. The molecule has 0 radical (unpaired) electrons. The van der Waals surface area contributed by atoms with E-state index in [1.165, 1.54) is 0 Å². The molecular weight excluding hydrogens is 242 g/mol. The maximum atomic E-state index is 9.14. The highest BCUT2D eigenvalue weighted by atomic mass is 16.5. The molecule has 5 heteroatoms. The first-order valence-corrected chi connectivity index (χ1v) is 6.55. The van der Waals surface area contributed by atoms with Crippen LogP contribution in [0.4, 0.5) is 5.82 Å². The van der Waals surface area contributed by atoms with Crippen molar-refractivity contribution in [1.29, 1.82) is 0 Å². The fourth-order valence-corrected chi connectivity index (χ4v) is 2.39. The van der Waals surface area contributed by atoms with Crippen LogP contribution in [0.15, 0.2) is 30.6 Å². The van der Waals surface area contributed by atoms with Crippen LogP contribution in [0.1, 0.15) is 12.8 Å². The third kappa shape index (κ3) is 2.83. The summed E-state index contributed by atoms with van der Waals surface area (Å²) in [7, 11) is 0. The van der Waals surface area contributed by atoms with E-state index in [0.29, 0.717) is 12.6 Å². The Hall–Kier alpha value is -1.72. The summed E-state index contributed by atoms with van der Waals surface area (Å²) in [6.45, 7) is 0.750. The summed E-state index contributed by atoms with van der Waals surface area (Å²) < 4.78 is 5.44. The summed E-state index contributed by atoms with van der Waals surface area (Å²) in [4.78, 5) is 8.72. The van der Waals surface area contributed by atoms with Crippen molar-refractivity contribution < 1.29 is 9.84 Å². The summed E-state index contributed by atoms with van der Waals surface area (Å²) in [6, 6.07) is 6.15. The summed E-state index contributed by atoms with van der Waals surface area (Å²) in [5.41, 5.74) is 0.936. The van der Waals surface area contributed by atoms with Gasteiger partial charge in [0.05, 0.1) is 18.2 Å². The van der Waals surface area contributed by atoms with Gasteiger partial charge in [-0.05, 0) is 25.0 Å². The molecule has 0 spiro atoms. The van der Waals surface area contributed by atoms with Crippen molar-refractivity contribution in [1.82, 2.24) is 9.97 Å². The zero-order valence-electron chi connectivity index (χ0n) is 10.6. The van der Waals surface area contributed by atoms with Gasteiger partial charge in [0.15, 0.2) is 0 Å². The lowest BCUT2D eigenvalue weighted by Crippen LogP contribution is -2.36. The largest absolute Gasteiger partial charge is 0.394 e. The van der Waals surface area contributed by atoms with E-state index < -0.39 is 0 Å². The molecule has 0 bridgehead atoms. The van der Waals surface area contributed by atoms with Gasteiger partial charge in [-0.1, -0.05) is 0 Å². The number of aliphatic hydroxyl groups excluding tert-OH is 1. The van der Waals surface area contributed by atoms with Gasteiger partial charge < -0.3 is 15.2 Å². The van der Waals surface area contributed by atoms with Gasteiger partial charge in [0, 0.05) is 36.5 Å². The molecule has 3 rings (SSSR count). The molecule has 1 saturated heterocycles. The Labute approximate surface area is 111 Å².